The summed E-state index contributed by atoms with van der Waals surface area (Å²) in [4.78, 5) is 53.4. The van der Waals surface area contributed by atoms with E-state index in [1.54, 1.807) is 32.0 Å². The Hall–Kier alpha value is -4.98. The molecule has 392 valence electrons. The summed E-state index contributed by atoms with van der Waals surface area (Å²) in [6.45, 7) is 19.2. The molecule has 0 bridgehead atoms. The van der Waals surface area contributed by atoms with Crippen LogP contribution in [0.4, 0.5) is 5.95 Å². The van der Waals surface area contributed by atoms with Crippen molar-refractivity contribution in [2.24, 2.45) is 5.92 Å². The van der Waals surface area contributed by atoms with Crippen molar-refractivity contribution in [2.75, 3.05) is 46.0 Å². The minimum atomic E-state index is -2.88. The molecule has 3 aromatic carbocycles. The number of imidazole rings is 1. The minimum absolute atomic E-state index is 0.0269. The van der Waals surface area contributed by atoms with Gasteiger partial charge in [-0.05, 0) is 0 Å². The summed E-state index contributed by atoms with van der Waals surface area (Å²) in [6, 6.07) is 25.6. The zero-order chi connectivity index (χ0) is 52.5. The van der Waals surface area contributed by atoms with Crippen LogP contribution >= 0.6 is 5.96 Å². The second-order valence-corrected chi connectivity index (χ2v) is 31.6. The van der Waals surface area contributed by atoms with E-state index in [0.29, 0.717) is 54.0 Å². The third-order valence-corrected chi connectivity index (χ3v) is 20.9. The number of rotatable bonds is 20. The normalized spacial score (nSPS) is 21.4. The van der Waals surface area contributed by atoms with Gasteiger partial charge in [-0.25, -0.2) is 0 Å². The summed E-state index contributed by atoms with van der Waals surface area (Å²) < 4.78 is 56.3. The monoisotopic (exact) mass is 1110 g/mol. The van der Waals surface area contributed by atoms with Crippen LogP contribution in [0.1, 0.15) is 82.2 Å². The van der Waals surface area contributed by atoms with Crippen LogP contribution in [0.5, 0.6) is 11.5 Å². The van der Waals surface area contributed by atoms with Crippen molar-refractivity contribution in [3.63, 3.8) is 0 Å². The summed E-state index contributed by atoms with van der Waals surface area (Å²) in [5.74, 6) is -0.872. The van der Waals surface area contributed by atoms with Crippen LogP contribution in [-0.2, 0) is 33.3 Å². The molecule has 5 heterocycles. The van der Waals surface area contributed by atoms with Gasteiger partial charge in [0.2, 0.25) is 0 Å². The Labute approximate surface area is 434 Å². The van der Waals surface area contributed by atoms with E-state index in [9.17, 15) is 14.4 Å². The number of methoxy groups -OCH3 is 2. The molecule has 1 unspecified atom stereocenters. The van der Waals surface area contributed by atoms with Gasteiger partial charge in [0.15, 0.2) is 0 Å². The molecule has 21 heteroatoms. The van der Waals surface area contributed by atoms with Crippen LogP contribution in [0, 0.1) is 12.8 Å². The SMILES string of the molecule is COc1ccc(C(OC[C@H]2O[C@@H](n3cnc4c(=O)[nH]c(NCC(C)C)nc43)C[C@@H]2OP(C)(=[Se])OC[C@H]2O[C@@H](n3cc(C)c(=O)[nH]c3=O)C[C@@H]2O[Si](C)(C)C(C)(C)C)(c2ccccc2)c2ccc(OC)cc2)cc1. The standard InChI is InChI=1S/C52H68N7O11PSeSi/c1-32(2)27-53-49-55-46-45(48(61)56-49)54-31-59(46)44-25-39(69-71(9,72)66-30-42-40(70-73(10,11)51(4,5)6)26-43(68-42)58-28-33(3)47(60)57-50(58)62)41(67-44)29-65-52(34-15-13-12-14-16-34,35-17-21-37(63-7)22-18-35)36-19-23-38(64-8)24-20-36/h12-24,28,31-32,39-44H,25-27,29-30H2,1-11H3,(H,57,60,62)(H2,53,55,56,61)/t39-,40-,41+,42+,43+,44+,71?/m0/s1. The molecule has 3 N–H and O–H groups in total. The summed E-state index contributed by atoms with van der Waals surface area (Å²) in [7, 11) is 0.905. The van der Waals surface area contributed by atoms with E-state index in [4.69, 9.17) is 42.1 Å². The third-order valence-electron chi connectivity index (χ3n) is 13.9. The van der Waals surface area contributed by atoms with Crippen molar-refractivity contribution in [2.45, 2.75) is 115 Å². The Bertz CT molecular complexity index is 3040. The number of benzene rings is 3. The first-order valence-electron chi connectivity index (χ1n) is 24.5. The predicted molar refractivity (Wildman–Crippen MR) is 284 cm³/mol. The molecule has 3 aromatic heterocycles. The molecule has 0 radical (unpaired) electrons. The molecule has 0 spiro atoms. The molecule has 73 heavy (non-hydrogen) atoms. The molecule has 2 fully saturated rings. The molecule has 0 saturated carbocycles. The van der Waals surface area contributed by atoms with Gasteiger partial charge in [0.1, 0.15) is 0 Å². The number of hydrogen-bond acceptors (Lipinski definition) is 14. The maximum atomic E-state index is 13.4. The molecule has 0 amide bonds. The van der Waals surface area contributed by atoms with Gasteiger partial charge in [0.05, 0.1) is 14.2 Å². The molecular weight excluding hydrogens is 1040 g/mol. The first kappa shape index (κ1) is 54.3. The van der Waals surface area contributed by atoms with Gasteiger partial charge >= 0.3 is 408 Å². The Morgan fingerprint density at radius 3 is 1.99 bits per heavy atom. The second-order valence-electron chi connectivity index (χ2n) is 20.7. The van der Waals surface area contributed by atoms with Crippen molar-refractivity contribution < 1.29 is 37.2 Å². The van der Waals surface area contributed by atoms with Crippen LogP contribution in [0.15, 0.2) is 106 Å². The summed E-state index contributed by atoms with van der Waals surface area (Å²) >= 11 is 3.25. The molecule has 2 saturated heterocycles. The molecule has 7 atom stereocenters. The van der Waals surface area contributed by atoms with Crippen molar-refractivity contribution >= 4 is 46.5 Å². The number of aromatic nitrogens is 6. The molecule has 8 rings (SSSR count). The van der Waals surface area contributed by atoms with E-state index in [2.05, 4.69) is 83.1 Å². The Kier molecular flexibility index (Phi) is 16.4. The number of ether oxygens (including phenoxy) is 5. The number of nitrogens with one attached hydrogen (secondary N) is 3. The molecule has 0 aliphatic carbocycles. The van der Waals surface area contributed by atoms with E-state index in [0.717, 1.165) is 16.7 Å². The van der Waals surface area contributed by atoms with Crippen molar-refractivity contribution in [3.8, 4) is 11.5 Å². The van der Waals surface area contributed by atoms with Crippen molar-refractivity contribution in [3.05, 3.63) is 145 Å². The fourth-order valence-corrected chi connectivity index (χ4v) is 12.6. The van der Waals surface area contributed by atoms with Crippen LogP contribution < -0.4 is 31.6 Å². The first-order valence-corrected chi connectivity index (χ1v) is 31.7. The fraction of sp³-hybridized carbons (Fsp3) is 0.481. The van der Waals surface area contributed by atoms with E-state index in [1.807, 2.05) is 85.5 Å². The number of hydrogen-bond donors (Lipinski definition) is 3. The zero-order valence-electron chi connectivity index (χ0n) is 43.4. The molecular formula is C52H68N7O11PSeSi. The average molecular weight is 1110 g/mol. The summed E-state index contributed by atoms with van der Waals surface area (Å²) in [5, 5.41) is 3.12. The van der Waals surface area contributed by atoms with Gasteiger partial charge < -0.3 is 0 Å². The zero-order valence-corrected chi connectivity index (χ0v) is 47.0. The number of aromatic amines is 2. The van der Waals surface area contributed by atoms with Gasteiger partial charge in [-0.2, -0.15) is 0 Å². The molecule has 2 aliphatic heterocycles. The third kappa shape index (κ3) is 11.9. The Morgan fingerprint density at radius 2 is 1.40 bits per heavy atom. The molecule has 6 aromatic rings. The van der Waals surface area contributed by atoms with E-state index in [-0.39, 0.29) is 29.3 Å². The summed E-state index contributed by atoms with van der Waals surface area (Å²) in [5.41, 5.74) is 0.905. The van der Waals surface area contributed by atoms with Crippen molar-refractivity contribution in [1.82, 2.24) is 29.1 Å². The second kappa shape index (κ2) is 22.1. The van der Waals surface area contributed by atoms with E-state index < -0.39 is 68.0 Å². The number of fused-ring (bicyclic) bond motifs is 1. The van der Waals surface area contributed by atoms with Gasteiger partial charge in [0, 0.05) is 0 Å². The number of anilines is 1. The van der Waals surface area contributed by atoms with Crippen LogP contribution in [0.2, 0.25) is 18.1 Å². The van der Waals surface area contributed by atoms with Crippen molar-refractivity contribution in [1.29, 1.82) is 0 Å². The van der Waals surface area contributed by atoms with Crippen LogP contribution in [-0.4, -0.2) is 118 Å². The number of nitrogens with zero attached hydrogens (tertiary/aromatic N) is 4. The Morgan fingerprint density at radius 1 is 0.822 bits per heavy atom. The van der Waals surface area contributed by atoms with Gasteiger partial charge in [-0.1, -0.05) is 13.8 Å². The molecule has 2 aliphatic rings. The van der Waals surface area contributed by atoms with E-state index in [1.165, 1.54) is 10.8 Å². The van der Waals surface area contributed by atoms with Crippen LogP contribution in [0.25, 0.3) is 11.2 Å². The van der Waals surface area contributed by atoms with E-state index >= 15 is 0 Å². The Balaban J connectivity index is 1.14. The maximum absolute atomic E-state index is 13.4. The molecule has 18 nitrogen and oxygen atoms in total. The predicted octanol–water partition coefficient (Wildman–Crippen LogP) is 8.00. The summed E-state index contributed by atoms with van der Waals surface area (Å²) in [6.07, 6.45) is -0.0121. The van der Waals surface area contributed by atoms with Gasteiger partial charge in [0.25, 0.3) is 0 Å². The fourth-order valence-electron chi connectivity index (χ4n) is 8.92. The topological polar surface area (TPSA) is 204 Å². The van der Waals surface area contributed by atoms with Crippen LogP contribution in [0.3, 0.4) is 0 Å². The number of H-pyrrole nitrogens is 2. The first-order chi connectivity index (χ1) is 34.6. The van der Waals surface area contributed by atoms with Gasteiger partial charge in [-0.15, -0.1) is 0 Å². The van der Waals surface area contributed by atoms with Gasteiger partial charge in [-0.3, -0.25) is 0 Å². The quantitative estimate of drug-likeness (QED) is 0.0377. The number of aryl methyl sites for hydroxylation is 1. The average Bonchev–Trinajstić information content (AvgIpc) is 4.08.